The van der Waals surface area contributed by atoms with Gasteiger partial charge in [-0.3, -0.25) is 9.59 Å². The fourth-order valence-corrected chi connectivity index (χ4v) is 5.36. The molecular formula is C24H26N4O5S. The van der Waals surface area contributed by atoms with Gasteiger partial charge in [-0.15, -0.1) is 0 Å². The molecule has 0 spiro atoms. The third kappa shape index (κ3) is 4.93. The van der Waals surface area contributed by atoms with Crippen LogP contribution < -0.4 is 10.9 Å². The molecule has 3 aromatic rings. The SMILES string of the molecule is Cc1ccc(-c2ccc(=O)n(C(C)C(=O)Nc3ccccc3)n2)cc1S(=O)(=O)N1CCOCC1. The van der Waals surface area contributed by atoms with Crippen LogP contribution in [0.2, 0.25) is 0 Å². The molecule has 0 bridgehead atoms. The summed E-state index contributed by atoms with van der Waals surface area (Å²) in [6.45, 7) is 4.62. The number of para-hydroxylation sites is 1. The van der Waals surface area contributed by atoms with Crippen LogP contribution in [0.25, 0.3) is 11.3 Å². The second kappa shape index (κ2) is 9.88. The van der Waals surface area contributed by atoms with E-state index in [2.05, 4.69) is 10.4 Å². The van der Waals surface area contributed by atoms with Gasteiger partial charge >= 0.3 is 0 Å². The number of morpholine rings is 1. The number of benzene rings is 2. The molecule has 1 atom stereocenters. The molecule has 0 aliphatic carbocycles. The van der Waals surface area contributed by atoms with E-state index in [1.807, 2.05) is 6.07 Å². The van der Waals surface area contributed by atoms with Gasteiger partial charge in [0.2, 0.25) is 15.9 Å². The van der Waals surface area contributed by atoms with Crippen LogP contribution in [0.4, 0.5) is 5.69 Å². The second-order valence-corrected chi connectivity index (χ2v) is 9.94. The molecule has 178 valence electrons. The molecule has 0 saturated carbocycles. The van der Waals surface area contributed by atoms with Gasteiger partial charge < -0.3 is 10.1 Å². The Labute approximate surface area is 198 Å². The van der Waals surface area contributed by atoms with Crippen molar-refractivity contribution in [3.05, 3.63) is 76.6 Å². The zero-order valence-corrected chi connectivity index (χ0v) is 19.8. The maximum absolute atomic E-state index is 13.2. The van der Waals surface area contributed by atoms with E-state index < -0.39 is 27.5 Å². The molecule has 1 fully saturated rings. The highest BCUT2D eigenvalue weighted by atomic mass is 32.2. The summed E-state index contributed by atoms with van der Waals surface area (Å²) in [4.78, 5) is 25.4. The third-order valence-electron chi connectivity index (χ3n) is 5.68. The number of aryl methyl sites for hydroxylation is 1. The Kier molecular flexibility index (Phi) is 6.92. The number of amides is 1. The van der Waals surface area contributed by atoms with Crippen LogP contribution in [0.15, 0.2) is 70.4 Å². The van der Waals surface area contributed by atoms with Gasteiger partial charge in [-0.2, -0.15) is 9.40 Å². The van der Waals surface area contributed by atoms with Crippen LogP contribution in [-0.2, 0) is 19.6 Å². The predicted octanol–water partition coefficient (Wildman–Crippen LogP) is 2.44. The Morgan fingerprint density at radius 2 is 1.76 bits per heavy atom. The zero-order chi connectivity index (χ0) is 24.3. The summed E-state index contributed by atoms with van der Waals surface area (Å²) >= 11 is 0. The summed E-state index contributed by atoms with van der Waals surface area (Å²) in [6.07, 6.45) is 0. The fourth-order valence-electron chi connectivity index (χ4n) is 3.70. The van der Waals surface area contributed by atoms with Crippen LogP contribution in [0.3, 0.4) is 0 Å². The molecule has 1 aliphatic rings. The predicted molar refractivity (Wildman–Crippen MR) is 128 cm³/mol. The molecule has 9 nitrogen and oxygen atoms in total. The third-order valence-corrected chi connectivity index (χ3v) is 7.73. The van der Waals surface area contributed by atoms with Crippen LogP contribution in [0.5, 0.6) is 0 Å². The van der Waals surface area contributed by atoms with E-state index in [-0.39, 0.29) is 4.90 Å². The molecule has 1 aliphatic heterocycles. The zero-order valence-electron chi connectivity index (χ0n) is 19.0. The molecule has 0 radical (unpaired) electrons. The van der Waals surface area contributed by atoms with Crippen LogP contribution in [-0.4, -0.2) is 54.7 Å². The van der Waals surface area contributed by atoms with E-state index in [0.717, 1.165) is 4.68 Å². The monoisotopic (exact) mass is 482 g/mol. The highest BCUT2D eigenvalue weighted by Crippen LogP contribution is 2.26. The van der Waals surface area contributed by atoms with Crippen molar-refractivity contribution in [2.45, 2.75) is 24.8 Å². The summed E-state index contributed by atoms with van der Waals surface area (Å²) in [5.74, 6) is -0.391. The van der Waals surface area contributed by atoms with Gasteiger partial charge in [0.25, 0.3) is 5.56 Å². The number of hydrogen-bond donors (Lipinski definition) is 1. The molecule has 1 amide bonds. The van der Waals surface area contributed by atoms with E-state index in [4.69, 9.17) is 4.74 Å². The minimum Gasteiger partial charge on any atom is -0.379 e. The molecule has 2 heterocycles. The number of aromatic nitrogens is 2. The van der Waals surface area contributed by atoms with Gasteiger partial charge in [0.05, 0.1) is 23.8 Å². The van der Waals surface area contributed by atoms with E-state index in [1.165, 1.54) is 16.4 Å². The lowest BCUT2D eigenvalue weighted by Crippen LogP contribution is -2.40. The highest BCUT2D eigenvalue weighted by molar-refractivity contribution is 7.89. The van der Waals surface area contributed by atoms with E-state index >= 15 is 0 Å². The maximum atomic E-state index is 13.2. The van der Waals surface area contributed by atoms with Gasteiger partial charge in [-0.25, -0.2) is 13.1 Å². The van der Waals surface area contributed by atoms with Gasteiger partial charge in [-0.1, -0.05) is 30.3 Å². The highest BCUT2D eigenvalue weighted by Gasteiger charge is 2.28. The normalized spacial score (nSPS) is 15.6. The van der Waals surface area contributed by atoms with E-state index in [1.54, 1.807) is 56.3 Å². The molecule has 34 heavy (non-hydrogen) atoms. The number of carbonyl (C=O) groups excluding carboxylic acids is 1. The number of anilines is 1. The summed E-state index contributed by atoms with van der Waals surface area (Å²) in [7, 11) is -3.71. The Balaban J connectivity index is 1.65. The Hall–Kier alpha value is -3.34. The minimum atomic E-state index is -3.71. The molecular weight excluding hydrogens is 456 g/mol. The summed E-state index contributed by atoms with van der Waals surface area (Å²) in [6, 6.07) is 15.9. The number of carbonyl (C=O) groups is 1. The van der Waals surface area contributed by atoms with E-state index in [0.29, 0.717) is 48.8 Å². The van der Waals surface area contributed by atoms with Gasteiger partial charge in [0.15, 0.2) is 0 Å². The number of sulfonamides is 1. The minimum absolute atomic E-state index is 0.182. The standard InChI is InChI=1S/C24H26N4O5S/c1-17-8-9-19(16-22(17)34(31,32)27-12-14-33-15-13-27)21-10-11-23(29)28(26-21)18(2)24(30)25-20-6-4-3-5-7-20/h3-11,16,18H,12-15H2,1-2H3,(H,25,30). The first-order valence-corrected chi connectivity index (χ1v) is 12.4. The molecule has 2 aromatic carbocycles. The Bertz CT molecular complexity index is 1350. The van der Waals surface area contributed by atoms with Crippen molar-refractivity contribution in [1.29, 1.82) is 0 Å². The maximum Gasteiger partial charge on any atom is 0.267 e. The van der Waals surface area contributed by atoms with Crippen molar-refractivity contribution in [3.63, 3.8) is 0 Å². The lowest BCUT2D eigenvalue weighted by atomic mass is 10.1. The lowest BCUT2D eigenvalue weighted by Gasteiger charge is -2.26. The quantitative estimate of drug-likeness (QED) is 0.578. The molecule has 1 N–H and O–H groups in total. The first kappa shape index (κ1) is 23.8. The smallest absolute Gasteiger partial charge is 0.267 e. The fraction of sp³-hybridized carbons (Fsp3) is 0.292. The molecule has 1 aromatic heterocycles. The molecule has 4 rings (SSSR count). The number of nitrogens with one attached hydrogen (secondary N) is 1. The van der Waals surface area contributed by atoms with Gasteiger partial charge in [-0.05, 0) is 43.7 Å². The number of hydrogen-bond acceptors (Lipinski definition) is 6. The van der Waals surface area contributed by atoms with Crippen LogP contribution in [0, 0.1) is 6.92 Å². The second-order valence-electron chi connectivity index (χ2n) is 8.03. The van der Waals surface area contributed by atoms with Crippen molar-refractivity contribution < 1.29 is 17.9 Å². The Morgan fingerprint density at radius 1 is 1.06 bits per heavy atom. The van der Waals surface area contributed by atoms with Crippen molar-refractivity contribution in [3.8, 4) is 11.3 Å². The van der Waals surface area contributed by atoms with Crippen LogP contribution >= 0.6 is 0 Å². The largest absolute Gasteiger partial charge is 0.379 e. The first-order valence-electron chi connectivity index (χ1n) is 10.9. The molecule has 10 heteroatoms. The van der Waals surface area contributed by atoms with Crippen molar-refractivity contribution in [1.82, 2.24) is 14.1 Å². The topological polar surface area (TPSA) is 111 Å². The number of ether oxygens (including phenoxy) is 1. The molecule has 1 unspecified atom stereocenters. The van der Waals surface area contributed by atoms with Gasteiger partial charge in [0.1, 0.15) is 6.04 Å². The number of rotatable bonds is 6. The van der Waals surface area contributed by atoms with Gasteiger partial charge in [0, 0.05) is 30.4 Å². The lowest BCUT2D eigenvalue weighted by molar-refractivity contribution is -0.119. The summed E-state index contributed by atoms with van der Waals surface area (Å²) in [5, 5.41) is 7.15. The summed E-state index contributed by atoms with van der Waals surface area (Å²) < 4.78 is 34.2. The van der Waals surface area contributed by atoms with Crippen molar-refractivity contribution in [2.75, 3.05) is 31.6 Å². The Morgan fingerprint density at radius 3 is 2.47 bits per heavy atom. The average Bonchev–Trinajstić information content (AvgIpc) is 2.85. The van der Waals surface area contributed by atoms with Crippen LogP contribution in [0.1, 0.15) is 18.5 Å². The molecule has 1 saturated heterocycles. The average molecular weight is 483 g/mol. The van der Waals surface area contributed by atoms with E-state index in [9.17, 15) is 18.0 Å². The van der Waals surface area contributed by atoms with Crippen molar-refractivity contribution in [2.24, 2.45) is 0 Å². The first-order chi connectivity index (χ1) is 16.3. The van der Waals surface area contributed by atoms with Crippen molar-refractivity contribution >= 4 is 21.6 Å². The summed E-state index contributed by atoms with van der Waals surface area (Å²) in [5.41, 5.74) is 1.70. The number of nitrogens with zero attached hydrogens (tertiary/aromatic N) is 3.